The summed E-state index contributed by atoms with van der Waals surface area (Å²) in [6.07, 6.45) is -0.0124. The van der Waals surface area contributed by atoms with E-state index in [4.69, 9.17) is 9.47 Å². The van der Waals surface area contributed by atoms with E-state index in [0.29, 0.717) is 17.0 Å². The predicted molar refractivity (Wildman–Crippen MR) is 108 cm³/mol. The number of hydrogen-bond acceptors (Lipinski definition) is 7. The van der Waals surface area contributed by atoms with Crippen LogP contribution >= 0.6 is 0 Å². The number of carbonyl (C=O) groups excluding carboxylic acids is 3. The monoisotopic (exact) mass is 422 g/mol. The summed E-state index contributed by atoms with van der Waals surface area (Å²) in [5, 5.41) is 13.5. The Kier molecular flexibility index (Phi) is 3.97. The van der Waals surface area contributed by atoms with Crippen molar-refractivity contribution in [1.29, 1.82) is 0 Å². The van der Waals surface area contributed by atoms with E-state index >= 15 is 0 Å². The number of nitrogens with zero attached hydrogens (tertiary/aromatic N) is 1. The highest BCUT2D eigenvalue weighted by molar-refractivity contribution is 6.37. The molecule has 1 atom stereocenters. The number of ether oxygens (including phenoxy) is 2. The molecule has 2 N–H and O–H groups in total. The molecule has 0 fully saturated rings. The Morgan fingerprint density at radius 3 is 2.71 bits per heavy atom. The number of pyridine rings is 1. The van der Waals surface area contributed by atoms with Crippen molar-refractivity contribution < 1.29 is 29.0 Å². The van der Waals surface area contributed by atoms with Gasteiger partial charge >= 0.3 is 5.97 Å². The molecular formula is C22H18N2O7. The summed E-state index contributed by atoms with van der Waals surface area (Å²) in [5.41, 5.74) is -0.839. The van der Waals surface area contributed by atoms with E-state index in [1.165, 1.54) is 17.7 Å². The van der Waals surface area contributed by atoms with E-state index in [2.05, 4.69) is 5.32 Å². The molecule has 4 heterocycles. The quantitative estimate of drug-likeness (QED) is 0.549. The van der Waals surface area contributed by atoms with Gasteiger partial charge in [-0.05, 0) is 24.6 Å². The largest absolute Gasteiger partial charge is 0.497 e. The Labute approximate surface area is 175 Å². The molecule has 2 aromatic rings. The van der Waals surface area contributed by atoms with Gasteiger partial charge in [-0.1, -0.05) is 6.92 Å². The predicted octanol–water partition coefficient (Wildman–Crippen LogP) is 1.11. The molecule has 31 heavy (non-hydrogen) atoms. The minimum absolute atomic E-state index is 0.0124. The highest BCUT2D eigenvalue weighted by Crippen LogP contribution is 2.40. The smallest absolute Gasteiger partial charge is 0.343 e. The minimum atomic E-state index is -1.99. The number of cyclic esters (lactones) is 1. The molecule has 3 aliphatic heterocycles. The lowest BCUT2D eigenvalue weighted by Crippen LogP contribution is -2.44. The van der Waals surface area contributed by atoms with Crippen LogP contribution in [0.5, 0.6) is 5.75 Å². The van der Waals surface area contributed by atoms with Gasteiger partial charge in [0.05, 0.1) is 36.2 Å². The van der Waals surface area contributed by atoms with Crippen LogP contribution in [0.3, 0.4) is 0 Å². The fourth-order valence-electron chi connectivity index (χ4n) is 4.40. The summed E-state index contributed by atoms with van der Waals surface area (Å²) in [6.45, 7) is 1.22. The van der Waals surface area contributed by atoms with Crippen LogP contribution in [0, 0.1) is 0 Å². The summed E-state index contributed by atoms with van der Waals surface area (Å²) >= 11 is 0. The number of methoxy groups -OCH3 is 1. The van der Waals surface area contributed by atoms with Crippen LogP contribution in [-0.4, -0.2) is 34.4 Å². The standard InChI is InChI=1S/C22H18N2O7/c1-3-22(29)14-7-16-18(25)12(8-24(16)20(27)13(14)9-31-21(22)28)17-11-5-4-10(30-2)6-15(11)23-19(17)26/h4-7,29H,3,8-9H2,1-2H3,(H,23,26)/b17-12-/t22-/m0/s1. The average Bonchev–Trinajstić information content (AvgIpc) is 3.26. The molecular weight excluding hydrogens is 404 g/mol. The van der Waals surface area contributed by atoms with Crippen LogP contribution in [0.25, 0.3) is 5.57 Å². The van der Waals surface area contributed by atoms with E-state index in [9.17, 15) is 24.3 Å². The zero-order valence-electron chi connectivity index (χ0n) is 16.8. The summed E-state index contributed by atoms with van der Waals surface area (Å²) < 4.78 is 11.4. The third-order valence-electron chi connectivity index (χ3n) is 6.14. The Morgan fingerprint density at radius 1 is 1.23 bits per heavy atom. The van der Waals surface area contributed by atoms with Gasteiger partial charge in [-0.3, -0.25) is 14.4 Å². The highest BCUT2D eigenvalue weighted by atomic mass is 16.6. The van der Waals surface area contributed by atoms with Gasteiger partial charge in [0.15, 0.2) is 5.60 Å². The van der Waals surface area contributed by atoms with Gasteiger partial charge in [-0.25, -0.2) is 4.79 Å². The number of esters is 1. The SMILES string of the molecule is CC[C@@]1(O)C(=O)OCc2c1cc1n(c2=O)C/C(=C2/C(=O)Nc3cc(OC)ccc32)C1=O. The fraction of sp³-hybridized carbons (Fsp3) is 0.273. The number of ketones is 1. The third-order valence-corrected chi connectivity index (χ3v) is 6.14. The first kappa shape index (κ1) is 19.3. The lowest BCUT2D eigenvalue weighted by molar-refractivity contribution is -0.172. The lowest BCUT2D eigenvalue weighted by Gasteiger charge is -2.31. The molecule has 0 saturated carbocycles. The molecule has 0 saturated heterocycles. The Balaban J connectivity index is 1.69. The number of fused-ring (bicyclic) bond motifs is 3. The molecule has 1 aromatic carbocycles. The molecule has 0 bridgehead atoms. The number of Topliss-reactive ketones (excluding diaryl/α,β-unsaturated/α-hetero) is 1. The van der Waals surface area contributed by atoms with Gasteiger partial charge in [0.1, 0.15) is 12.4 Å². The van der Waals surface area contributed by atoms with Crippen molar-refractivity contribution in [1.82, 2.24) is 4.57 Å². The highest BCUT2D eigenvalue weighted by Gasteiger charge is 2.46. The second kappa shape index (κ2) is 6.39. The topological polar surface area (TPSA) is 124 Å². The maximum Gasteiger partial charge on any atom is 0.343 e. The summed E-state index contributed by atoms with van der Waals surface area (Å²) in [4.78, 5) is 51.2. The molecule has 0 spiro atoms. The lowest BCUT2D eigenvalue weighted by atomic mass is 9.86. The van der Waals surface area contributed by atoms with Crippen LogP contribution in [0.2, 0.25) is 0 Å². The third kappa shape index (κ3) is 2.46. The van der Waals surface area contributed by atoms with Crippen molar-refractivity contribution in [3.8, 4) is 5.75 Å². The van der Waals surface area contributed by atoms with Crippen LogP contribution in [0.15, 0.2) is 34.6 Å². The first-order valence-electron chi connectivity index (χ1n) is 9.74. The second-order valence-corrected chi connectivity index (χ2v) is 7.65. The van der Waals surface area contributed by atoms with E-state index in [1.54, 1.807) is 25.1 Å². The average molecular weight is 422 g/mol. The number of nitrogens with one attached hydrogen (secondary N) is 1. The van der Waals surface area contributed by atoms with Gasteiger partial charge in [0.2, 0.25) is 5.78 Å². The van der Waals surface area contributed by atoms with Crippen LogP contribution in [-0.2, 0) is 33.1 Å². The first-order chi connectivity index (χ1) is 14.8. The molecule has 1 amide bonds. The van der Waals surface area contributed by atoms with Gasteiger partial charge in [-0.2, -0.15) is 0 Å². The molecule has 3 aliphatic rings. The molecule has 1 aromatic heterocycles. The van der Waals surface area contributed by atoms with E-state index < -0.39 is 28.8 Å². The molecule has 158 valence electrons. The van der Waals surface area contributed by atoms with Crippen LogP contribution < -0.4 is 15.6 Å². The van der Waals surface area contributed by atoms with Crippen LogP contribution in [0.4, 0.5) is 5.69 Å². The molecule has 0 unspecified atom stereocenters. The van der Waals surface area contributed by atoms with Gasteiger partial charge in [0, 0.05) is 22.8 Å². The number of allylic oxidation sites excluding steroid dienone is 1. The fourth-order valence-corrected chi connectivity index (χ4v) is 4.40. The number of benzene rings is 1. The number of aliphatic hydroxyl groups is 1. The Bertz CT molecular complexity index is 1300. The maximum atomic E-state index is 13.3. The summed E-state index contributed by atoms with van der Waals surface area (Å²) in [6, 6.07) is 6.39. The molecule has 9 nitrogen and oxygen atoms in total. The normalized spacial score (nSPS) is 23.8. The van der Waals surface area contributed by atoms with Crippen molar-refractivity contribution in [2.24, 2.45) is 0 Å². The van der Waals surface area contributed by atoms with Gasteiger partial charge in [-0.15, -0.1) is 0 Å². The Hall–Kier alpha value is -3.72. The second-order valence-electron chi connectivity index (χ2n) is 7.65. The number of hydrogen-bond donors (Lipinski definition) is 2. The zero-order chi connectivity index (χ0) is 22.1. The van der Waals surface area contributed by atoms with Gasteiger partial charge in [0.25, 0.3) is 11.5 Å². The van der Waals surface area contributed by atoms with E-state index in [0.717, 1.165) is 0 Å². The number of rotatable bonds is 2. The van der Waals surface area contributed by atoms with Crippen molar-refractivity contribution >= 4 is 28.9 Å². The number of aromatic nitrogens is 1. The summed E-state index contributed by atoms with van der Waals surface area (Å²) in [5.74, 6) is -1.24. The van der Waals surface area contributed by atoms with Gasteiger partial charge < -0.3 is 24.5 Å². The van der Waals surface area contributed by atoms with E-state index in [1.807, 2.05) is 0 Å². The Morgan fingerprint density at radius 2 is 2.00 bits per heavy atom. The molecule has 5 rings (SSSR count). The van der Waals surface area contributed by atoms with Crippen LogP contribution in [0.1, 0.15) is 40.5 Å². The number of anilines is 1. The number of amides is 1. The maximum absolute atomic E-state index is 13.3. The zero-order valence-corrected chi connectivity index (χ0v) is 16.8. The molecule has 0 radical (unpaired) electrons. The van der Waals surface area contributed by atoms with Crippen molar-refractivity contribution in [2.75, 3.05) is 12.4 Å². The van der Waals surface area contributed by atoms with E-state index in [-0.39, 0.29) is 47.5 Å². The molecule has 9 heteroatoms. The van der Waals surface area contributed by atoms with Crippen molar-refractivity contribution in [2.45, 2.75) is 32.1 Å². The molecule has 0 aliphatic carbocycles. The minimum Gasteiger partial charge on any atom is -0.497 e. The summed E-state index contributed by atoms with van der Waals surface area (Å²) in [7, 11) is 1.51. The number of carbonyl (C=O) groups is 3. The first-order valence-corrected chi connectivity index (χ1v) is 9.74. The van der Waals surface area contributed by atoms with Crippen molar-refractivity contribution in [3.05, 3.63) is 62.6 Å². The van der Waals surface area contributed by atoms with Crippen molar-refractivity contribution in [3.63, 3.8) is 0 Å².